The molecule has 0 unspecified atom stereocenters. The van der Waals surface area contributed by atoms with E-state index in [1.54, 1.807) is 0 Å². The Morgan fingerprint density at radius 2 is 1.08 bits per heavy atom. The van der Waals surface area contributed by atoms with Crippen LogP contribution in [0.4, 0.5) is 0 Å². The van der Waals surface area contributed by atoms with Crippen molar-refractivity contribution in [3.05, 3.63) is 170 Å². The number of fused-ring (bicyclic) bond motifs is 13. The molecule has 0 aliphatic rings. The molecule has 12 aromatic rings. The highest BCUT2D eigenvalue weighted by Crippen LogP contribution is 2.46. The van der Waals surface area contributed by atoms with Gasteiger partial charge in [0.15, 0.2) is 0 Å². The van der Waals surface area contributed by atoms with Gasteiger partial charge < -0.3 is 13.6 Å². The van der Waals surface area contributed by atoms with Gasteiger partial charge in [-0.15, -0.1) is 11.3 Å². The first-order chi connectivity index (χ1) is 25.8. The second-order valence-electron chi connectivity index (χ2n) is 13.6. The highest BCUT2D eigenvalue weighted by Gasteiger charge is 2.22. The van der Waals surface area contributed by atoms with E-state index >= 15 is 0 Å². The van der Waals surface area contributed by atoms with Crippen LogP contribution in [0.25, 0.3) is 108 Å². The molecule has 4 heterocycles. The summed E-state index contributed by atoms with van der Waals surface area (Å²) in [7, 11) is 0. The fourth-order valence-electron chi connectivity index (χ4n) is 8.77. The average molecular weight is 681 g/mol. The van der Waals surface area contributed by atoms with Crippen molar-refractivity contribution >= 4 is 97.1 Å². The molecule has 12 rings (SSSR count). The maximum Gasteiger partial charge on any atom is 0.136 e. The molecular formula is C48H28N2OS. The van der Waals surface area contributed by atoms with Crippen LogP contribution in [0.5, 0.6) is 0 Å². The van der Waals surface area contributed by atoms with E-state index in [0.29, 0.717) is 0 Å². The van der Waals surface area contributed by atoms with Gasteiger partial charge in [0.05, 0.1) is 22.1 Å². The monoisotopic (exact) mass is 680 g/mol. The normalized spacial score (nSPS) is 12.2. The maximum atomic E-state index is 6.30. The first-order valence-electron chi connectivity index (χ1n) is 17.7. The van der Waals surface area contributed by atoms with Crippen molar-refractivity contribution in [3.8, 4) is 22.5 Å². The lowest BCUT2D eigenvalue weighted by molar-refractivity contribution is 0.669. The average Bonchev–Trinajstić information content (AvgIpc) is 3.95. The first kappa shape index (κ1) is 28.1. The topological polar surface area (TPSA) is 23.0 Å². The van der Waals surface area contributed by atoms with E-state index in [9.17, 15) is 0 Å². The minimum atomic E-state index is 0.922. The molecule has 242 valence electrons. The summed E-state index contributed by atoms with van der Waals surface area (Å²) in [6.07, 6.45) is 0. The second kappa shape index (κ2) is 10.5. The van der Waals surface area contributed by atoms with E-state index in [0.717, 1.165) is 27.9 Å². The summed E-state index contributed by atoms with van der Waals surface area (Å²) in [6.45, 7) is 0. The quantitative estimate of drug-likeness (QED) is 0.182. The molecule has 0 saturated carbocycles. The Labute approximate surface area is 301 Å². The lowest BCUT2D eigenvalue weighted by Gasteiger charge is -2.10. The molecule has 0 aliphatic heterocycles. The number of furan rings is 1. The third-order valence-electron chi connectivity index (χ3n) is 10.9. The highest BCUT2D eigenvalue weighted by atomic mass is 32.1. The Kier molecular flexibility index (Phi) is 5.65. The molecule has 52 heavy (non-hydrogen) atoms. The van der Waals surface area contributed by atoms with Gasteiger partial charge in [-0.1, -0.05) is 109 Å². The summed E-state index contributed by atoms with van der Waals surface area (Å²) < 4.78 is 13.8. The molecule has 0 fully saturated rings. The SMILES string of the molecule is c1ccc(-n2c3ccccc3c3c2ccc2c4ccccc4n(-c4ccc5sc6c(-c7cccc8oc9ccccc9c78)cccc6c5c4)c23)cc1. The van der Waals surface area contributed by atoms with Crippen LogP contribution in [-0.4, -0.2) is 9.13 Å². The fourth-order valence-corrected chi connectivity index (χ4v) is 9.98. The summed E-state index contributed by atoms with van der Waals surface area (Å²) in [5.41, 5.74) is 11.5. The van der Waals surface area contributed by atoms with Gasteiger partial charge >= 0.3 is 0 Å². The van der Waals surface area contributed by atoms with Crippen molar-refractivity contribution < 1.29 is 4.42 Å². The standard InChI is InChI=1S/C48H28N2OS/c1-2-12-29(13-3-1)49-40-21-8-5-15-36(40)46-41(49)26-25-33-31-14-4-7-20-39(31)50(47(33)46)30-24-27-44-38(28-30)35-19-10-18-34(48(35)52-44)32-17-11-23-43-45(32)37-16-6-9-22-42(37)51-43/h1-28H. The summed E-state index contributed by atoms with van der Waals surface area (Å²) in [6, 6.07) is 61.6. The number of hydrogen-bond donors (Lipinski definition) is 0. The van der Waals surface area contributed by atoms with Crippen molar-refractivity contribution in [2.45, 2.75) is 0 Å². The molecule has 0 saturated heterocycles. The lowest BCUT2D eigenvalue weighted by atomic mass is 9.98. The van der Waals surface area contributed by atoms with E-state index in [4.69, 9.17) is 4.42 Å². The number of hydrogen-bond acceptors (Lipinski definition) is 2. The van der Waals surface area contributed by atoms with Crippen LogP contribution in [-0.2, 0) is 0 Å². The number of benzene rings is 8. The summed E-state index contributed by atoms with van der Waals surface area (Å²) in [5.74, 6) is 0. The third kappa shape index (κ3) is 3.74. The van der Waals surface area contributed by atoms with Crippen molar-refractivity contribution in [2.24, 2.45) is 0 Å². The Bertz CT molecular complexity index is 3410. The van der Waals surface area contributed by atoms with Gasteiger partial charge in [-0.05, 0) is 66.2 Å². The van der Waals surface area contributed by atoms with Gasteiger partial charge in [-0.3, -0.25) is 0 Å². The van der Waals surface area contributed by atoms with Crippen LogP contribution >= 0.6 is 11.3 Å². The van der Waals surface area contributed by atoms with Crippen LogP contribution in [0.3, 0.4) is 0 Å². The molecule has 0 amide bonds. The van der Waals surface area contributed by atoms with E-state index < -0.39 is 0 Å². The van der Waals surface area contributed by atoms with Gasteiger partial charge in [0.2, 0.25) is 0 Å². The second-order valence-corrected chi connectivity index (χ2v) is 14.7. The lowest BCUT2D eigenvalue weighted by Crippen LogP contribution is -1.95. The largest absolute Gasteiger partial charge is 0.456 e. The molecule has 0 atom stereocenters. The van der Waals surface area contributed by atoms with Gasteiger partial charge in [0, 0.05) is 69.4 Å². The number of para-hydroxylation sites is 4. The number of aromatic nitrogens is 2. The molecule has 0 bridgehead atoms. The molecule has 4 aromatic heterocycles. The summed E-state index contributed by atoms with van der Waals surface area (Å²) >= 11 is 1.88. The molecule has 0 aliphatic carbocycles. The first-order valence-corrected chi connectivity index (χ1v) is 18.5. The van der Waals surface area contributed by atoms with Gasteiger partial charge in [-0.25, -0.2) is 0 Å². The molecule has 0 radical (unpaired) electrons. The Hall–Kier alpha value is -6.62. The van der Waals surface area contributed by atoms with Gasteiger partial charge in [0.25, 0.3) is 0 Å². The minimum Gasteiger partial charge on any atom is -0.456 e. The third-order valence-corrected chi connectivity index (χ3v) is 12.1. The number of thiophene rings is 1. The van der Waals surface area contributed by atoms with Crippen molar-refractivity contribution in [2.75, 3.05) is 0 Å². The Morgan fingerprint density at radius 1 is 0.385 bits per heavy atom. The predicted octanol–water partition coefficient (Wildman–Crippen LogP) is 13.8. The summed E-state index contributed by atoms with van der Waals surface area (Å²) in [4.78, 5) is 0. The zero-order chi connectivity index (χ0) is 33.9. The minimum absolute atomic E-state index is 0.922. The van der Waals surface area contributed by atoms with Crippen LogP contribution in [0, 0.1) is 0 Å². The van der Waals surface area contributed by atoms with E-state index in [2.05, 4.69) is 173 Å². The highest BCUT2D eigenvalue weighted by molar-refractivity contribution is 7.26. The van der Waals surface area contributed by atoms with E-state index in [1.165, 1.54) is 80.3 Å². The molecule has 8 aromatic carbocycles. The maximum absolute atomic E-state index is 6.30. The Balaban J connectivity index is 1.16. The molecule has 0 spiro atoms. The molecule has 4 heteroatoms. The number of nitrogens with zero attached hydrogens (tertiary/aromatic N) is 2. The van der Waals surface area contributed by atoms with Crippen molar-refractivity contribution in [1.29, 1.82) is 0 Å². The van der Waals surface area contributed by atoms with Crippen LogP contribution in [0.15, 0.2) is 174 Å². The molecule has 0 N–H and O–H groups in total. The van der Waals surface area contributed by atoms with Crippen LogP contribution in [0.1, 0.15) is 0 Å². The Morgan fingerprint density at radius 3 is 1.96 bits per heavy atom. The smallest absolute Gasteiger partial charge is 0.136 e. The van der Waals surface area contributed by atoms with Gasteiger partial charge in [0.1, 0.15) is 11.2 Å². The molecule has 3 nitrogen and oxygen atoms in total. The zero-order valence-corrected chi connectivity index (χ0v) is 28.7. The summed E-state index contributed by atoms with van der Waals surface area (Å²) in [5, 5.41) is 9.91. The van der Waals surface area contributed by atoms with Crippen molar-refractivity contribution in [3.63, 3.8) is 0 Å². The predicted molar refractivity (Wildman–Crippen MR) is 221 cm³/mol. The van der Waals surface area contributed by atoms with E-state index in [1.807, 2.05) is 17.4 Å². The molecular weight excluding hydrogens is 653 g/mol. The van der Waals surface area contributed by atoms with Crippen molar-refractivity contribution in [1.82, 2.24) is 9.13 Å². The van der Waals surface area contributed by atoms with E-state index in [-0.39, 0.29) is 0 Å². The fraction of sp³-hybridized carbons (Fsp3) is 0. The van der Waals surface area contributed by atoms with Gasteiger partial charge in [-0.2, -0.15) is 0 Å². The van der Waals surface area contributed by atoms with Crippen LogP contribution in [0.2, 0.25) is 0 Å². The van der Waals surface area contributed by atoms with Crippen LogP contribution < -0.4 is 0 Å². The number of rotatable bonds is 3. The zero-order valence-electron chi connectivity index (χ0n) is 27.9.